The topological polar surface area (TPSA) is 122 Å². The molecule has 1 aliphatic carbocycles. The van der Waals surface area contributed by atoms with Gasteiger partial charge in [-0.25, -0.2) is 14.4 Å². The highest BCUT2D eigenvalue weighted by atomic mass is 35.5. The van der Waals surface area contributed by atoms with Gasteiger partial charge in [0.25, 0.3) is 0 Å². The summed E-state index contributed by atoms with van der Waals surface area (Å²) in [5.74, 6) is 0.622. The molecule has 4 aromatic rings. The molecule has 2 N–H and O–H groups in total. The number of ether oxygens (including phenoxy) is 2. The Morgan fingerprint density at radius 1 is 0.981 bits per heavy atom. The van der Waals surface area contributed by atoms with E-state index in [4.69, 9.17) is 26.1 Å². The van der Waals surface area contributed by atoms with Crippen molar-refractivity contribution in [3.8, 4) is 45.4 Å². The Morgan fingerprint density at radius 3 is 2.40 bits per heavy atom. The number of carbonyl (C=O) groups excluding carboxylic acids is 2. The normalized spacial score (nSPS) is 20.3. The number of likely N-dealkylation sites (tertiary alicyclic amines) is 2. The van der Waals surface area contributed by atoms with Crippen molar-refractivity contribution in [2.24, 2.45) is 5.41 Å². The van der Waals surface area contributed by atoms with Gasteiger partial charge in [-0.1, -0.05) is 41.9 Å². The van der Waals surface area contributed by atoms with E-state index in [1.165, 1.54) is 0 Å². The number of methoxy groups -OCH3 is 2. The van der Waals surface area contributed by atoms with Crippen LogP contribution in [0.3, 0.4) is 0 Å². The van der Waals surface area contributed by atoms with E-state index in [1.807, 2.05) is 23.1 Å². The van der Waals surface area contributed by atoms with E-state index in [0.717, 1.165) is 56.6 Å². The zero-order valence-corrected chi connectivity index (χ0v) is 30.2. The highest BCUT2D eigenvalue weighted by Gasteiger charge is 2.52. The SMILES string of the molecule is COc1nc(-c2cccc(-c3cccc(-c4cc5c(c(OC)n4)[C@@H](NC[C@@H]4CCC(=O)N4)CC5)c3Cl)c2F)cnc1CN1CC2(C1)CN(C(C)=O)C2. The molecule has 2 atom stereocenters. The van der Waals surface area contributed by atoms with Gasteiger partial charge in [0.2, 0.25) is 23.6 Å². The number of hydrogen-bond acceptors (Lipinski definition) is 9. The molecular weight excluding hydrogens is 685 g/mol. The molecule has 11 nitrogen and oxygen atoms in total. The minimum Gasteiger partial charge on any atom is -0.481 e. The summed E-state index contributed by atoms with van der Waals surface area (Å²) in [5.41, 5.74) is 5.82. The number of nitrogens with zero attached hydrogens (tertiary/aromatic N) is 5. The minimum atomic E-state index is -0.470. The average Bonchev–Trinajstić information content (AvgIpc) is 3.73. The van der Waals surface area contributed by atoms with Gasteiger partial charge in [-0.3, -0.25) is 19.5 Å². The van der Waals surface area contributed by atoms with Crippen molar-refractivity contribution in [3.63, 3.8) is 0 Å². The number of aryl methyl sites for hydroxylation is 1. The van der Waals surface area contributed by atoms with E-state index in [2.05, 4.69) is 25.5 Å². The van der Waals surface area contributed by atoms with E-state index in [-0.39, 0.29) is 34.9 Å². The molecular formula is C39H41ClFN7O4. The van der Waals surface area contributed by atoms with Gasteiger partial charge in [-0.05, 0) is 37.0 Å². The lowest BCUT2D eigenvalue weighted by molar-refractivity contribution is -0.157. The molecule has 13 heteroatoms. The van der Waals surface area contributed by atoms with Crippen molar-refractivity contribution < 1.29 is 23.5 Å². The maximum atomic E-state index is 16.5. The fourth-order valence-electron chi connectivity index (χ4n) is 8.30. The van der Waals surface area contributed by atoms with E-state index in [9.17, 15) is 9.59 Å². The Bertz CT molecular complexity index is 2060. The third-order valence-corrected chi connectivity index (χ3v) is 11.3. The fourth-order valence-corrected chi connectivity index (χ4v) is 8.63. The van der Waals surface area contributed by atoms with Gasteiger partial charge >= 0.3 is 0 Å². The van der Waals surface area contributed by atoms with Crippen LogP contribution in [0.15, 0.2) is 48.7 Å². The summed E-state index contributed by atoms with van der Waals surface area (Å²) in [5, 5.41) is 7.00. The molecule has 0 bridgehead atoms. The molecule has 2 amide bonds. The Kier molecular flexibility index (Phi) is 9.09. The predicted octanol–water partition coefficient (Wildman–Crippen LogP) is 5.20. The first-order chi connectivity index (χ1) is 25.1. The third kappa shape index (κ3) is 6.26. The van der Waals surface area contributed by atoms with Crippen LogP contribution in [-0.4, -0.2) is 89.6 Å². The molecule has 3 aliphatic heterocycles. The smallest absolute Gasteiger partial charge is 0.237 e. The zero-order valence-electron chi connectivity index (χ0n) is 29.5. The highest BCUT2D eigenvalue weighted by Crippen LogP contribution is 2.44. The standard InChI is InChI=1S/C39H41ClFN7O4/c1-22(49)48-20-39(21-48)18-47(19-39)17-32-37(51-2)46-31(16-43-32)28-9-5-7-26(36(28)41)25-6-4-8-27(35(25)40)30-14-23-10-12-29(34(23)38(45-30)52-3)42-15-24-11-13-33(50)44-24/h4-9,14,16,24,29,42H,10-13,15,17-21H2,1-3H3,(H,44,50)/t24-,29-/m0/s1. The van der Waals surface area contributed by atoms with Crippen LogP contribution in [0.5, 0.6) is 11.8 Å². The first-order valence-electron chi connectivity index (χ1n) is 17.7. The number of aromatic nitrogens is 3. The van der Waals surface area contributed by atoms with Crippen LogP contribution < -0.4 is 20.1 Å². The van der Waals surface area contributed by atoms with Crippen LogP contribution in [0, 0.1) is 11.2 Å². The van der Waals surface area contributed by atoms with Gasteiger partial charge in [0.1, 0.15) is 11.5 Å². The molecule has 52 heavy (non-hydrogen) atoms. The van der Waals surface area contributed by atoms with Gasteiger partial charge in [-0.2, -0.15) is 0 Å². The van der Waals surface area contributed by atoms with E-state index in [1.54, 1.807) is 51.6 Å². The summed E-state index contributed by atoms with van der Waals surface area (Å²) in [6.45, 7) is 6.20. The maximum absolute atomic E-state index is 16.5. The second kappa shape index (κ2) is 13.7. The van der Waals surface area contributed by atoms with Gasteiger partial charge in [0.05, 0.1) is 36.8 Å². The number of rotatable bonds is 10. The summed E-state index contributed by atoms with van der Waals surface area (Å²) in [7, 11) is 3.15. The second-order valence-electron chi connectivity index (χ2n) is 14.5. The molecule has 270 valence electrons. The number of amides is 2. The van der Waals surface area contributed by atoms with Crippen LogP contribution in [0.4, 0.5) is 4.39 Å². The summed E-state index contributed by atoms with van der Waals surface area (Å²) < 4.78 is 27.9. The molecule has 8 rings (SSSR count). The number of benzene rings is 2. The zero-order chi connectivity index (χ0) is 36.1. The minimum absolute atomic E-state index is 0.0636. The second-order valence-corrected chi connectivity index (χ2v) is 14.8. The summed E-state index contributed by atoms with van der Waals surface area (Å²) >= 11 is 7.09. The Labute approximate surface area is 306 Å². The van der Waals surface area contributed by atoms with Crippen molar-refractivity contribution in [1.29, 1.82) is 0 Å². The molecule has 0 saturated carbocycles. The van der Waals surface area contributed by atoms with Crippen LogP contribution in [0.25, 0.3) is 33.6 Å². The van der Waals surface area contributed by atoms with Crippen molar-refractivity contribution in [3.05, 3.63) is 76.3 Å². The molecule has 4 aliphatic rings. The maximum Gasteiger partial charge on any atom is 0.237 e. The molecule has 2 aromatic carbocycles. The number of hydrogen-bond donors (Lipinski definition) is 2. The van der Waals surface area contributed by atoms with Crippen molar-refractivity contribution in [1.82, 2.24) is 35.4 Å². The van der Waals surface area contributed by atoms with E-state index in [0.29, 0.717) is 70.1 Å². The lowest BCUT2D eigenvalue weighted by Crippen LogP contribution is -2.72. The van der Waals surface area contributed by atoms with Crippen molar-refractivity contribution in [2.45, 2.75) is 51.2 Å². The van der Waals surface area contributed by atoms with E-state index >= 15 is 4.39 Å². The first kappa shape index (κ1) is 34.4. The highest BCUT2D eigenvalue weighted by molar-refractivity contribution is 6.36. The quantitative estimate of drug-likeness (QED) is 0.227. The summed E-state index contributed by atoms with van der Waals surface area (Å²) in [6, 6.07) is 12.9. The number of nitrogens with one attached hydrogen (secondary N) is 2. The van der Waals surface area contributed by atoms with Gasteiger partial charge in [0, 0.05) is 97.9 Å². The van der Waals surface area contributed by atoms with Crippen molar-refractivity contribution in [2.75, 3.05) is 46.9 Å². The van der Waals surface area contributed by atoms with Gasteiger partial charge < -0.3 is 25.0 Å². The molecule has 5 heterocycles. The molecule has 0 radical (unpaired) electrons. The van der Waals surface area contributed by atoms with Gasteiger partial charge in [0.15, 0.2) is 0 Å². The lowest BCUT2D eigenvalue weighted by Gasteiger charge is -2.60. The average molecular weight is 726 g/mol. The molecule has 2 aromatic heterocycles. The van der Waals surface area contributed by atoms with Crippen LogP contribution in [0.1, 0.15) is 49.0 Å². The number of fused-ring (bicyclic) bond motifs is 1. The number of carbonyl (C=O) groups is 2. The number of halogens is 2. The Morgan fingerprint density at radius 2 is 1.69 bits per heavy atom. The third-order valence-electron chi connectivity index (χ3n) is 10.9. The Hall–Kier alpha value is -4.65. The van der Waals surface area contributed by atoms with Crippen LogP contribution in [0.2, 0.25) is 5.02 Å². The lowest BCUT2D eigenvalue weighted by atomic mass is 9.73. The first-order valence-corrected chi connectivity index (χ1v) is 18.1. The van der Waals surface area contributed by atoms with Crippen LogP contribution in [-0.2, 0) is 22.6 Å². The number of pyridine rings is 1. The summed E-state index contributed by atoms with van der Waals surface area (Å²) in [4.78, 5) is 41.6. The fraction of sp³-hybridized carbons (Fsp3) is 0.410. The molecule has 1 spiro atoms. The summed E-state index contributed by atoms with van der Waals surface area (Å²) in [6.07, 6.45) is 4.71. The van der Waals surface area contributed by atoms with Crippen LogP contribution >= 0.6 is 11.6 Å². The molecule has 3 saturated heterocycles. The molecule has 3 fully saturated rings. The van der Waals surface area contributed by atoms with Crippen molar-refractivity contribution >= 4 is 23.4 Å². The Balaban J connectivity index is 1.02. The molecule has 0 unspecified atom stereocenters. The monoisotopic (exact) mass is 725 g/mol. The predicted molar refractivity (Wildman–Crippen MR) is 194 cm³/mol. The van der Waals surface area contributed by atoms with Gasteiger partial charge in [-0.15, -0.1) is 0 Å². The van der Waals surface area contributed by atoms with E-state index < -0.39 is 5.82 Å². The largest absolute Gasteiger partial charge is 0.481 e.